The highest BCUT2D eigenvalue weighted by atomic mass is 79.9. The van der Waals surface area contributed by atoms with Gasteiger partial charge < -0.3 is 5.11 Å². The summed E-state index contributed by atoms with van der Waals surface area (Å²) < 4.78 is 2.69. The van der Waals surface area contributed by atoms with Gasteiger partial charge >= 0.3 is 0 Å². The fourth-order valence-corrected chi connectivity index (χ4v) is 3.33. The molecular formula is C12H19BrN2O. The van der Waals surface area contributed by atoms with Crippen LogP contribution in [-0.4, -0.2) is 14.9 Å². The summed E-state index contributed by atoms with van der Waals surface area (Å²) in [6, 6.07) is 0. The third-order valence-electron chi connectivity index (χ3n) is 3.82. The molecule has 3 nitrogen and oxygen atoms in total. The van der Waals surface area contributed by atoms with E-state index in [-0.39, 0.29) is 6.10 Å². The van der Waals surface area contributed by atoms with Gasteiger partial charge in [-0.3, -0.25) is 4.68 Å². The van der Waals surface area contributed by atoms with Crippen molar-refractivity contribution >= 4 is 15.9 Å². The van der Waals surface area contributed by atoms with E-state index in [1.807, 2.05) is 7.05 Å². The predicted octanol–water partition coefficient (Wildman–Crippen LogP) is 3.04. The largest absolute Gasteiger partial charge is 0.386 e. The first kappa shape index (κ1) is 12.1. The van der Waals surface area contributed by atoms with Gasteiger partial charge in [-0.25, -0.2) is 0 Å². The smallest absolute Gasteiger partial charge is 0.0996 e. The van der Waals surface area contributed by atoms with Crippen molar-refractivity contribution in [3.05, 3.63) is 16.4 Å². The van der Waals surface area contributed by atoms with Crippen molar-refractivity contribution in [2.24, 2.45) is 18.9 Å². The van der Waals surface area contributed by atoms with Gasteiger partial charge in [-0.15, -0.1) is 0 Å². The first-order valence-electron chi connectivity index (χ1n) is 5.99. The van der Waals surface area contributed by atoms with Crippen LogP contribution >= 0.6 is 15.9 Å². The maximum atomic E-state index is 10.4. The van der Waals surface area contributed by atoms with E-state index in [2.05, 4.69) is 28.0 Å². The molecule has 1 aliphatic carbocycles. The molecule has 0 spiro atoms. The summed E-state index contributed by atoms with van der Waals surface area (Å²) in [5, 5.41) is 14.6. The standard InChI is InChI=1S/C12H19BrN2O/c1-3-8-4-5-9(6-8)12(16)11-10(13)7-14-15(11)2/h7-9,12,16H,3-6H2,1-2H3. The van der Waals surface area contributed by atoms with Crippen LogP contribution in [0, 0.1) is 11.8 Å². The number of aliphatic hydroxyl groups excluding tert-OH is 1. The second-order valence-corrected chi connectivity index (χ2v) is 5.65. The minimum atomic E-state index is -0.376. The van der Waals surface area contributed by atoms with Crippen molar-refractivity contribution in [1.82, 2.24) is 9.78 Å². The summed E-state index contributed by atoms with van der Waals surface area (Å²) in [6.45, 7) is 2.24. The lowest BCUT2D eigenvalue weighted by Crippen LogP contribution is -2.14. The molecule has 1 fully saturated rings. The molecule has 3 unspecified atom stereocenters. The van der Waals surface area contributed by atoms with Crippen molar-refractivity contribution in [3.63, 3.8) is 0 Å². The number of hydrogen-bond acceptors (Lipinski definition) is 2. The highest BCUT2D eigenvalue weighted by molar-refractivity contribution is 9.10. The van der Waals surface area contributed by atoms with E-state index in [1.165, 1.54) is 12.8 Å². The molecule has 0 aliphatic heterocycles. The van der Waals surface area contributed by atoms with Gasteiger partial charge in [0, 0.05) is 7.05 Å². The summed E-state index contributed by atoms with van der Waals surface area (Å²) in [4.78, 5) is 0. The maximum absolute atomic E-state index is 10.4. The minimum Gasteiger partial charge on any atom is -0.386 e. The molecule has 1 aliphatic rings. The van der Waals surface area contributed by atoms with E-state index in [0.717, 1.165) is 28.9 Å². The van der Waals surface area contributed by atoms with Crippen LogP contribution in [-0.2, 0) is 7.05 Å². The van der Waals surface area contributed by atoms with Crippen LogP contribution < -0.4 is 0 Å². The van der Waals surface area contributed by atoms with Gasteiger partial charge in [0.15, 0.2) is 0 Å². The van der Waals surface area contributed by atoms with Crippen LogP contribution in [0.25, 0.3) is 0 Å². The Morgan fingerprint density at radius 3 is 2.88 bits per heavy atom. The molecule has 1 heterocycles. The van der Waals surface area contributed by atoms with Gasteiger partial charge in [-0.05, 0) is 40.6 Å². The zero-order chi connectivity index (χ0) is 11.7. The molecular weight excluding hydrogens is 268 g/mol. The molecule has 1 saturated carbocycles. The molecule has 90 valence electrons. The molecule has 0 bridgehead atoms. The Morgan fingerprint density at radius 2 is 2.38 bits per heavy atom. The van der Waals surface area contributed by atoms with Crippen LogP contribution in [0.15, 0.2) is 10.7 Å². The van der Waals surface area contributed by atoms with Crippen LogP contribution in [0.3, 0.4) is 0 Å². The third-order valence-corrected chi connectivity index (χ3v) is 4.43. The number of aryl methyl sites for hydroxylation is 1. The monoisotopic (exact) mass is 286 g/mol. The number of rotatable bonds is 3. The minimum absolute atomic E-state index is 0.376. The topological polar surface area (TPSA) is 38.1 Å². The quantitative estimate of drug-likeness (QED) is 0.928. The van der Waals surface area contributed by atoms with Crippen LogP contribution in [0.2, 0.25) is 0 Å². The highest BCUT2D eigenvalue weighted by Gasteiger charge is 2.32. The molecule has 4 heteroatoms. The first-order chi connectivity index (χ1) is 7.63. The number of nitrogens with zero attached hydrogens (tertiary/aromatic N) is 2. The molecule has 0 amide bonds. The molecule has 0 aromatic carbocycles. The second kappa shape index (κ2) is 4.88. The van der Waals surface area contributed by atoms with Gasteiger partial charge in [0.1, 0.15) is 0 Å². The Hall–Kier alpha value is -0.350. The third kappa shape index (κ3) is 2.18. The molecule has 2 rings (SSSR count). The lowest BCUT2D eigenvalue weighted by Gasteiger charge is -2.19. The Morgan fingerprint density at radius 1 is 1.62 bits per heavy atom. The van der Waals surface area contributed by atoms with Crippen molar-refractivity contribution in [3.8, 4) is 0 Å². The van der Waals surface area contributed by atoms with E-state index in [9.17, 15) is 5.11 Å². The Bertz CT molecular complexity index is 344. The molecule has 1 aromatic rings. The van der Waals surface area contributed by atoms with E-state index in [1.54, 1.807) is 10.9 Å². The summed E-state index contributed by atoms with van der Waals surface area (Å²) in [5.41, 5.74) is 0.918. The zero-order valence-corrected chi connectivity index (χ0v) is 11.4. The number of aliphatic hydroxyl groups is 1. The van der Waals surface area contributed by atoms with Crippen molar-refractivity contribution < 1.29 is 5.11 Å². The average Bonchev–Trinajstić information content (AvgIpc) is 2.85. The lowest BCUT2D eigenvalue weighted by atomic mass is 9.96. The van der Waals surface area contributed by atoms with Gasteiger partial charge in [-0.2, -0.15) is 5.10 Å². The van der Waals surface area contributed by atoms with Crippen molar-refractivity contribution in [2.45, 2.75) is 38.7 Å². The Labute approximate surface area is 105 Å². The number of hydrogen-bond donors (Lipinski definition) is 1. The van der Waals surface area contributed by atoms with Crippen LogP contribution in [0.5, 0.6) is 0 Å². The fraction of sp³-hybridized carbons (Fsp3) is 0.750. The van der Waals surface area contributed by atoms with E-state index >= 15 is 0 Å². The molecule has 0 radical (unpaired) electrons. The van der Waals surface area contributed by atoms with E-state index in [0.29, 0.717) is 5.92 Å². The lowest BCUT2D eigenvalue weighted by molar-refractivity contribution is 0.100. The van der Waals surface area contributed by atoms with E-state index in [4.69, 9.17) is 0 Å². The molecule has 1 N–H and O–H groups in total. The highest BCUT2D eigenvalue weighted by Crippen LogP contribution is 2.41. The summed E-state index contributed by atoms with van der Waals surface area (Å²) >= 11 is 3.45. The first-order valence-corrected chi connectivity index (χ1v) is 6.78. The Kier molecular flexibility index (Phi) is 3.70. The van der Waals surface area contributed by atoms with Gasteiger partial charge in [0.05, 0.1) is 22.5 Å². The van der Waals surface area contributed by atoms with Gasteiger partial charge in [0.25, 0.3) is 0 Å². The van der Waals surface area contributed by atoms with Crippen molar-refractivity contribution in [2.75, 3.05) is 0 Å². The van der Waals surface area contributed by atoms with Crippen LogP contribution in [0.4, 0.5) is 0 Å². The summed E-state index contributed by atoms with van der Waals surface area (Å²) in [6.07, 6.45) is 6.15. The molecule has 3 atom stereocenters. The maximum Gasteiger partial charge on any atom is 0.0996 e. The molecule has 16 heavy (non-hydrogen) atoms. The van der Waals surface area contributed by atoms with Gasteiger partial charge in [-0.1, -0.05) is 19.8 Å². The number of halogens is 1. The van der Waals surface area contributed by atoms with Crippen molar-refractivity contribution in [1.29, 1.82) is 0 Å². The normalized spacial score (nSPS) is 27.2. The zero-order valence-electron chi connectivity index (χ0n) is 9.86. The number of aromatic nitrogens is 2. The Balaban J connectivity index is 2.11. The summed E-state index contributed by atoms with van der Waals surface area (Å²) in [5.74, 6) is 1.20. The SMILES string of the molecule is CCC1CCC(C(O)c2c(Br)cnn2C)C1. The molecule has 1 aromatic heterocycles. The molecule has 0 saturated heterocycles. The van der Waals surface area contributed by atoms with Gasteiger partial charge in [0.2, 0.25) is 0 Å². The predicted molar refractivity (Wildman–Crippen MR) is 67.0 cm³/mol. The van der Waals surface area contributed by atoms with Crippen LogP contribution in [0.1, 0.15) is 44.4 Å². The average molecular weight is 287 g/mol. The van der Waals surface area contributed by atoms with E-state index < -0.39 is 0 Å². The summed E-state index contributed by atoms with van der Waals surface area (Å²) in [7, 11) is 1.88. The fourth-order valence-electron chi connectivity index (χ4n) is 2.75. The second-order valence-electron chi connectivity index (χ2n) is 4.79.